The van der Waals surface area contributed by atoms with E-state index in [9.17, 15) is 9.59 Å². The number of nitrogens with one attached hydrogen (secondary N) is 1. The van der Waals surface area contributed by atoms with Crippen molar-refractivity contribution in [2.45, 2.75) is 45.8 Å². The van der Waals surface area contributed by atoms with Crippen LogP contribution in [-0.2, 0) is 9.59 Å². The third-order valence-corrected chi connectivity index (χ3v) is 4.04. The van der Waals surface area contributed by atoms with Crippen LogP contribution in [0.3, 0.4) is 0 Å². The molecule has 0 aromatic heterocycles. The van der Waals surface area contributed by atoms with E-state index in [1.54, 1.807) is 11.8 Å². The zero-order chi connectivity index (χ0) is 17.7. The molecule has 0 aliphatic carbocycles. The van der Waals surface area contributed by atoms with Gasteiger partial charge >= 0.3 is 0 Å². The molecule has 0 fully saturated rings. The van der Waals surface area contributed by atoms with Crippen molar-refractivity contribution < 1.29 is 14.3 Å². The predicted octanol–water partition coefficient (Wildman–Crippen LogP) is 1.68. The minimum absolute atomic E-state index is 0.0240. The molecule has 0 saturated heterocycles. The van der Waals surface area contributed by atoms with Crippen molar-refractivity contribution in [1.29, 1.82) is 0 Å². The normalized spacial score (nSPS) is 18.1. The van der Waals surface area contributed by atoms with Crippen LogP contribution >= 0.6 is 0 Å². The second kappa shape index (κ2) is 8.15. The Bertz CT molecular complexity index is 589. The van der Waals surface area contributed by atoms with E-state index < -0.39 is 6.10 Å². The van der Waals surface area contributed by atoms with Crippen LogP contribution in [0.2, 0.25) is 0 Å². The summed E-state index contributed by atoms with van der Waals surface area (Å²) in [6.45, 7) is 6.66. The number of carbonyl (C=O) groups excluding carboxylic acids is 2. The second-order valence-corrected chi connectivity index (χ2v) is 6.60. The van der Waals surface area contributed by atoms with Gasteiger partial charge < -0.3 is 20.7 Å². The lowest BCUT2D eigenvalue weighted by atomic mass is 10.0. The lowest BCUT2D eigenvalue weighted by Crippen LogP contribution is -2.47. The zero-order valence-electron chi connectivity index (χ0n) is 14.6. The summed E-state index contributed by atoms with van der Waals surface area (Å²) in [4.78, 5) is 26.2. The van der Waals surface area contributed by atoms with Gasteiger partial charge in [-0.15, -0.1) is 0 Å². The highest BCUT2D eigenvalue weighted by Gasteiger charge is 2.31. The van der Waals surface area contributed by atoms with Gasteiger partial charge in [-0.05, 0) is 31.4 Å². The van der Waals surface area contributed by atoms with E-state index in [0.29, 0.717) is 30.4 Å². The molecule has 2 amide bonds. The molecule has 3 N–H and O–H groups in total. The molecule has 0 radical (unpaired) electrons. The maximum Gasteiger partial charge on any atom is 0.267 e. The van der Waals surface area contributed by atoms with Gasteiger partial charge in [0.1, 0.15) is 5.75 Å². The van der Waals surface area contributed by atoms with E-state index in [0.717, 1.165) is 6.42 Å². The fraction of sp³-hybridized carbons (Fsp3) is 0.556. The SMILES string of the molecule is CC(C)CC(CN)NC(=O)CCN1C(=O)C(C)Oc2ccccc21. The molecule has 24 heavy (non-hydrogen) atoms. The van der Waals surface area contributed by atoms with Crippen LogP contribution in [0, 0.1) is 5.92 Å². The Balaban J connectivity index is 1.98. The molecule has 1 heterocycles. The first-order chi connectivity index (χ1) is 11.4. The van der Waals surface area contributed by atoms with Crippen LogP contribution in [-0.4, -0.2) is 37.0 Å². The van der Waals surface area contributed by atoms with Crippen LogP contribution in [0.25, 0.3) is 0 Å². The maximum atomic E-state index is 12.4. The van der Waals surface area contributed by atoms with Gasteiger partial charge in [-0.3, -0.25) is 9.59 Å². The van der Waals surface area contributed by atoms with Crippen molar-refractivity contribution in [1.82, 2.24) is 5.32 Å². The third kappa shape index (κ3) is 4.47. The molecule has 6 heteroatoms. The maximum absolute atomic E-state index is 12.4. The quantitative estimate of drug-likeness (QED) is 0.795. The number of hydrogen-bond donors (Lipinski definition) is 2. The van der Waals surface area contributed by atoms with Crippen molar-refractivity contribution in [2.75, 3.05) is 18.0 Å². The number of ether oxygens (including phenoxy) is 1. The largest absolute Gasteiger partial charge is 0.479 e. The molecule has 1 aliphatic heterocycles. The number of anilines is 1. The smallest absolute Gasteiger partial charge is 0.267 e. The van der Waals surface area contributed by atoms with Gasteiger partial charge in [-0.1, -0.05) is 26.0 Å². The second-order valence-electron chi connectivity index (χ2n) is 6.60. The number of amides is 2. The Labute approximate surface area is 143 Å². The molecule has 0 saturated carbocycles. The van der Waals surface area contributed by atoms with Gasteiger partial charge in [0, 0.05) is 25.6 Å². The highest BCUT2D eigenvalue weighted by atomic mass is 16.5. The summed E-state index contributed by atoms with van der Waals surface area (Å²) in [5, 5.41) is 2.95. The van der Waals surface area contributed by atoms with Gasteiger partial charge in [0.2, 0.25) is 5.91 Å². The highest BCUT2D eigenvalue weighted by molar-refractivity contribution is 6.00. The molecule has 1 aromatic rings. The summed E-state index contributed by atoms with van der Waals surface area (Å²) in [6, 6.07) is 7.36. The van der Waals surface area contributed by atoms with Gasteiger partial charge in [-0.25, -0.2) is 0 Å². The van der Waals surface area contributed by atoms with Crippen molar-refractivity contribution in [2.24, 2.45) is 11.7 Å². The van der Waals surface area contributed by atoms with Gasteiger partial charge in [0.15, 0.2) is 6.10 Å². The van der Waals surface area contributed by atoms with Crippen molar-refractivity contribution in [3.8, 4) is 5.75 Å². The van der Waals surface area contributed by atoms with E-state index in [1.165, 1.54) is 0 Å². The van der Waals surface area contributed by atoms with Crippen LogP contribution in [0.15, 0.2) is 24.3 Å². The molecule has 0 bridgehead atoms. The minimum atomic E-state index is -0.541. The number of carbonyl (C=O) groups is 2. The summed E-state index contributed by atoms with van der Waals surface area (Å²) in [5.41, 5.74) is 6.43. The molecule has 2 rings (SSSR count). The summed E-state index contributed by atoms with van der Waals surface area (Å²) in [5.74, 6) is 0.923. The fourth-order valence-corrected chi connectivity index (χ4v) is 2.89. The Hall–Kier alpha value is -2.08. The monoisotopic (exact) mass is 333 g/mol. The topological polar surface area (TPSA) is 84.7 Å². The Kier molecular flexibility index (Phi) is 6.20. The summed E-state index contributed by atoms with van der Waals surface area (Å²) < 4.78 is 5.60. The summed E-state index contributed by atoms with van der Waals surface area (Å²) in [6.07, 6.45) is 0.542. The van der Waals surface area contributed by atoms with Crippen molar-refractivity contribution in [3.63, 3.8) is 0 Å². The average molecular weight is 333 g/mol. The highest BCUT2D eigenvalue weighted by Crippen LogP contribution is 2.33. The van der Waals surface area contributed by atoms with Gasteiger partial charge in [0.25, 0.3) is 5.91 Å². The number of hydrogen-bond acceptors (Lipinski definition) is 4. The van der Waals surface area contributed by atoms with Crippen molar-refractivity contribution in [3.05, 3.63) is 24.3 Å². The van der Waals surface area contributed by atoms with E-state index in [1.807, 2.05) is 24.3 Å². The molecule has 132 valence electrons. The minimum Gasteiger partial charge on any atom is -0.479 e. The lowest BCUT2D eigenvalue weighted by molar-refractivity contribution is -0.125. The van der Waals surface area contributed by atoms with Crippen LogP contribution in [0.4, 0.5) is 5.69 Å². The molecular formula is C18H27N3O3. The molecule has 2 unspecified atom stereocenters. The number of nitrogens with zero attached hydrogens (tertiary/aromatic N) is 1. The lowest BCUT2D eigenvalue weighted by Gasteiger charge is -2.33. The molecule has 2 atom stereocenters. The van der Waals surface area contributed by atoms with Crippen LogP contribution in [0.5, 0.6) is 5.75 Å². The molecule has 6 nitrogen and oxygen atoms in total. The number of fused-ring (bicyclic) bond motifs is 1. The molecular weight excluding hydrogens is 306 g/mol. The van der Waals surface area contributed by atoms with Crippen LogP contribution < -0.4 is 20.7 Å². The number of nitrogens with two attached hydrogens (primary N) is 1. The average Bonchev–Trinajstić information content (AvgIpc) is 2.54. The van der Waals surface area contributed by atoms with Gasteiger partial charge in [0.05, 0.1) is 5.69 Å². The van der Waals surface area contributed by atoms with E-state index in [4.69, 9.17) is 10.5 Å². The van der Waals surface area contributed by atoms with E-state index in [-0.39, 0.29) is 24.3 Å². The Morgan fingerprint density at radius 2 is 2.08 bits per heavy atom. The molecule has 1 aromatic carbocycles. The molecule has 1 aliphatic rings. The molecule has 0 spiro atoms. The van der Waals surface area contributed by atoms with E-state index in [2.05, 4.69) is 19.2 Å². The first-order valence-corrected chi connectivity index (χ1v) is 8.48. The van der Waals surface area contributed by atoms with E-state index >= 15 is 0 Å². The standard InChI is InChI=1S/C18H27N3O3/c1-12(2)10-14(11-19)20-17(22)8-9-21-15-6-4-5-7-16(15)24-13(3)18(21)23/h4-7,12-14H,8-11,19H2,1-3H3,(H,20,22). The van der Waals surface area contributed by atoms with Gasteiger partial charge in [-0.2, -0.15) is 0 Å². The first kappa shape index (κ1) is 18.3. The summed E-state index contributed by atoms with van der Waals surface area (Å²) in [7, 11) is 0. The predicted molar refractivity (Wildman–Crippen MR) is 93.9 cm³/mol. The number of para-hydroxylation sites is 2. The van der Waals surface area contributed by atoms with Crippen molar-refractivity contribution >= 4 is 17.5 Å². The Morgan fingerprint density at radius 3 is 2.75 bits per heavy atom. The van der Waals surface area contributed by atoms with Crippen LogP contribution in [0.1, 0.15) is 33.6 Å². The fourth-order valence-electron chi connectivity index (χ4n) is 2.89. The number of rotatable bonds is 7. The Morgan fingerprint density at radius 1 is 1.38 bits per heavy atom. The number of benzene rings is 1. The zero-order valence-corrected chi connectivity index (χ0v) is 14.6. The first-order valence-electron chi connectivity index (χ1n) is 8.48. The summed E-state index contributed by atoms with van der Waals surface area (Å²) >= 11 is 0. The third-order valence-electron chi connectivity index (χ3n) is 4.04.